The summed E-state index contributed by atoms with van der Waals surface area (Å²) in [6, 6.07) is 14.7. The zero-order valence-electron chi connectivity index (χ0n) is 12.3. The fourth-order valence-electron chi connectivity index (χ4n) is 3.37. The average molecular weight is 276 g/mol. The third-order valence-electron chi connectivity index (χ3n) is 4.52. The Morgan fingerprint density at radius 2 is 2.05 bits per heavy atom. The second-order valence-corrected chi connectivity index (χ2v) is 5.66. The minimum Gasteiger partial charge on any atom is -0.310 e. The van der Waals surface area contributed by atoms with Gasteiger partial charge in [-0.2, -0.15) is 0 Å². The number of hydrogen-bond acceptors (Lipinski definition) is 2. The third-order valence-corrected chi connectivity index (χ3v) is 4.52. The monoisotopic (exact) mass is 276 g/mol. The standard InChI is InChI=1S/C19H20N2/c1-3-15-8-4-5-9-17(15)19-16(11-13-21-19)14(2)18-10-6-7-12-20-18/h1,4-10,12,14,16,19,21H,11,13H2,2H3/t14?,16-,19-/m0/s1. The molecular formula is C19H20N2. The number of rotatable bonds is 3. The summed E-state index contributed by atoms with van der Waals surface area (Å²) in [4.78, 5) is 4.53. The highest BCUT2D eigenvalue weighted by molar-refractivity contribution is 5.42. The smallest absolute Gasteiger partial charge is 0.0435 e. The van der Waals surface area contributed by atoms with E-state index in [1.165, 1.54) is 5.56 Å². The van der Waals surface area contributed by atoms with Gasteiger partial charge in [0.1, 0.15) is 0 Å². The summed E-state index contributed by atoms with van der Waals surface area (Å²) in [5.74, 6) is 3.75. The van der Waals surface area contributed by atoms with Crippen molar-refractivity contribution in [2.24, 2.45) is 5.92 Å². The van der Waals surface area contributed by atoms with Crippen LogP contribution in [-0.2, 0) is 0 Å². The first-order valence-corrected chi connectivity index (χ1v) is 7.51. The van der Waals surface area contributed by atoms with Crippen molar-refractivity contribution in [3.05, 3.63) is 65.5 Å². The van der Waals surface area contributed by atoms with Crippen LogP contribution in [-0.4, -0.2) is 11.5 Å². The summed E-state index contributed by atoms with van der Waals surface area (Å²) >= 11 is 0. The number of terminal acetylenes is 1. The Morgan fingerprint density at radius 3 is 2.81 bits per heavy atom. The Kier molecular flexibility index (Phi) is 4.03. The topological polar surface area (TPSA) is 24.9 Å². The van der Waals surface area contributed by atoms with Crippen molar-refractivity contribution in [1.82, 2.24) is 10.3 Å². The van der Waals surface area contributed by atoms with Gasteiger partial charge in [0.05, 0.1) is 0 Å². The first-order valence-electron chi connectivity index (χ1n) is 7.51. The molecule has 2 aromatic rings. The largest absolute Gasteiger partial charge is 0.310 e. The molecule has 1 aromatic heterocycles. The van der Waals surface area contributed by atoms with E-state index >= 15 is 0 Å². The Balaban J connectivity index is 1.91. The molecule has 1 fully saturated rings. The molecule has 106 valence electrons. The number of nitrogens with zero attached hydrogens (tertiary/aromatic N) is 1. The lowest BCUT2D eigenvalue weighted by Crippen LogP contribution is -2.22. The van der Waals surface area contributed by atoms with Crippen LogP contribution < -0.4 is 5.32 Å². The van der Waals surface area contributed by atoms with E-state index in [9.17, 15) is 0 Å². The number of pyridine rings is 1. The molecule has 2 heterocycles. The van der Waals surface area contributed by atoms with Gasteiger partial charge in [0.25, 0.3) is 0 Å². The van der Waals surface area contributed by atoms with Crippen molar-refractivity contribution in [3.8, 4) is 12.3 Å². The van der Waals surface area contributed by atoms with Gasteiger partial charge in [-0.3, -0.25) is 4.98 Å². The maximum atomic E-state index is 5.66. The summed E-state index contributed by atoms with van der Waals surface area (Å²) in [6.07, 6.45) is 8.69. The molecule has 3 rings (SSSR count). The average Bonchev–Trinajstić information content (AvgIpc) is 3.04. The molecule has 1 aliphatic rings. The molecule has 1 aliphatic heterocycles. The Hall–Kier alpha value is -2.11. The summed E-state index contributed by atoms with van der Waals surface area (Å²) in [5, 5.41) is 3.63. The lowest BCUT2D eigenvalue weighted by molar-refractivity contribution is 0.393. The van der Waals surface area contributed by atoms with Crippen LogP contribution >= 0.6 is 0 Å². The minimum atomic E-state index is 0.314. The predicted molar refractivity (Wildman–Crippen MR) is 85.9 cm³/mol. The predicted octanol–water partition coefficient (Wildman–Crippen LogP) is 3.52. The molecule has 2 nitrogen and oxygen atoms in total. The van der Waals surface area contributed by atoms with E-state index in [1.807, 2.05) is 24.4 Å². The van der Waals surface area contributed by atoms with Crippen LogP contribution in [0.1, 0.15) is 42.1 Å². The van der Waals surface area contributed by atoms with Gasteiger partial charge in [0.2, 0.25) is 0 Å². The van der Waals surface area contributed by atoms with E-state index in [0.29, 0.717) is 17.9 Å². The summed E-state index contributed by atoms with van der Waals surface area (Å²) in [7, 11) is 0. The molecule has 0 amide bonds. The molecular weight excluding hydrogens is 256 g/mol. The van der Waals surface area contributed by atoms with Gasteiger partial charge in [-0.25, -0.2) is 0 Å². The van der Waals surface area contributed by atoms with Crippen LogP contribution in [0.4, 0.5) is 0 Å². The fraction of sp³-hybridized carbons (Fsp3) is 0.316. The van der Waals surface area contributed by atoms with E-state index in [0.717, 1.165) is 24.2 Å². The van der Waals surface area contributed by atoms with Crippen molar-refractivity contribution in [3.63, 3.8) is 0 Å². The van der Waals surface area contributed by atoms with Gasteiger partial charge in [0.15, 0.2) is 0 Å². The van der Waals surface area contributed by atoms with Crippen molar-refractivity contribution < 1.29 is 0 Å². The highest BCUT2D eigenvalue weighted by Gasteiger charge is 2.34. The number of hydrogen-bond donors (Lipinski definition) is 1. The number of nitrogens with one attached hydrogen (secondary N) is 1. The summed E-state index contributed by atoms with van der Waals surface area (Å²) in [5.41, 5.74) is 3.40. The summed E-state index contributed by atoms with van der Waals surface area (Å²) in [6.45, 7) is 3.30. The molecule has 1 aromatic carbocycles. The van der Waals surface area contributed by atoms with E-state index in [2.05, 4.69) is 47.4 Å². The van der Waals surface area contributed by atoms with Gasteiger partial charge in [-0.1, -0.05) is 37.1 Å². The molecule has 2 heteroatoms. The van der Waals surface area contributed by atoms with Crippen LogP contribution in [0.2, 0.25) is 0 Å². The van der Waals surface area contributed by atoms with Crippen molar-refractivity contribution >= 4 is 0 Å². The second kappa shape index (κ2) is 6.11. The van der Waals surface area contributed by atoms with Crippen LogP contribution in [0.25, 0.3) is 0 Å². The molecule has 0 aliphatic carbocycles. The second-order valence-electron chi connectivity index (χ2n) is 5.66. The zero-order chi connectivity index (χ0) is 14.7. The van der Waals surface area contributed by atoms with Crippen LogP contribution in [0, 0.1) is 18.3 Å². The van der Waals surface area contributed by atoms with Gasteiger partial charge in [0, 0.05) is 29.4 Å². The first kappa shape index (κ1) is 13.9. The molecule has 3 atom stereocenters. The Labute approximate surface area is 126 Å². The third kappa shape index (κ3) is 2.70. The maximum absolute atomic E-state index is 5.66. The number of benzene rings is 1. The van der Waals surface area contributed by atoms with Gasteiger partial charge in [-0.15, -0.1) is 6.42 Å². The maximum Gasteiger partial charge on any atom is 0.0435 e. The molecule has 1 N–H and O–H groups in total. The van der Waals surface area contributed by atoms with Crippen LogP contribution in [0.3, 0.4) is 0 Å². The van der Waals surface area contributed by atoms with Crippen molar-refractivity contribution in [1.29, 1.82) is 0 Å². The van der Waals surface area contributed by atoms with Gasteiger partial charge >= 0.3 is 0 Å². The van der Waals surface area contributed by atoms with Crippen LogP contribution in [0.15, 0.2) is 48.7 Å². The highest BCUT2D eigenvalue weighted by atomic mass is 15.0. The van der Waals surface area contributed by atoms with E-state index in [4.69, 9.17) is 6.42 Å². The quantitative estimate of drug-likeness (QED) is 0.868. The molecule has 0 bridgehead atoms. The van der Waals surface area contributed by atoms with Gasteiger partial charge in [-0.05, 0) is 42.6 Å². The van der Waals surface area contributed by atoms with Crippen molar-refractivity contribution in [2.45, 2.75) is 25.3 Å². The fourth-order valence-corrected chi connectivity index (χ4v) is 3.37. The Morgan fingerprint density at radius 1 is 1.24 bits per heavy atom. The molecule has 0 saturated carbocycles. The van der Waals surface area contributed by atoms with Crippen molar-refractivity contribution in [2.75, 3.05) is 6.54 Å². The Bertz CT molecular complexity index is 642. The van der Waals surface area contributed by atoms with E-state index < -0.39 is 0 Å². The molecule has 21 heavy (non-hydrogen) atoms. The molecule has 1 unspecified atom stereocenters. The minimum absolute atomic E-state index is 0.314. The molecule has 0 spiro atoms. The first-order chi connectivity index (χ1) is 10.3. The van der Waals surface area contributed by atoms with Crippen LogP contribution in [0.5, 0.6) is 0 Å². The SMILES string of the molecule is C#Cc1ccccc1[C@H]1NCC[C@H]1C(C)c1ccccn1. The normalized spacial score (nSPS) is 22.7. The van der Waals surface area contributed by atoms with E-state index in [1.54, 1.807) is 0 Å². The summed E-state index contributed by atoms with van der Waals surface area (Å²) < 4.78 is 0. The zero-order valence-corrected chi connectivity index (χ0v) is 12.3. The lowest BCUT2D eigenvalue weighted by Gasteiger charge is -2.26. The number of aromatic nitrogens is 1. The molecule has 0 radical (unpaired) electrons. The van der Waals surface area contributed by atoms with E-state index in [-0.39, 0.29) is 0 Å². The van der Waals surface area contributed by atoms with Gasteiger partial charge < -0.3 is 5.32 Å². The molecule has 1 saturated heterocycles. The highest BCUT2D eigenvalue weighted by Crippen LogP contribution is 2.40. The lowest BCUT2D eigenvalue weighted by atomic mass is 9.81.